The standard InChI is InChI=1S/C11H20N2O4.C11H18O5/c1-2-3-12-4-6-13(7-5-12)8-9-17-11(16)10(14)15;1-15-10(13)11(14)16-7-9-4-2-8(6-12)3-5-9/h2-9H2,1H3,(H,14,15);8-9,12H,2-7H2,1H3. The van der Waals surface area contributed by atoms with Crippen LogP contribution >= 0.6 is 0 Å². The second-order valence-corrected chi connectivity index (χ2v) is 8.28. The zero-order chi connectivity index (χ0) is 24.6. The minimum absolute atomic E-state index is 0.152. The monoisotopic (exact) mass is 474 g/mol. The summed E-state index contributed by atoms with van der Waals surface area (Å²) < 4.78 is 13.7. The Morgan fingerprint density at radius 1 is 0.818 bits per heavy atom. The highest BCUT2D eigenvalue weighted by Crippen LogP contribution is 2.28. The lowest BCUT2D eigenvalue weighted by molar-refractivity contribution is -0.166. The van der Waals surface area contributed by atoms with Gasteiger partial charge < -0.3 is 29.3 Å². The summed E-state index contributed by atoms with van der Waals surface area (Å²) in [6.07, 6.45) is 4.93. The van der Waals surface area contributed by atoms with Gasteiger partial charge in [0.15, 0.2) is 0 Å². The van der Waals surface area contributed by atoms with Crippen LogP contribution in [0.15, 0.2) is 0 Å². The molecule has 11 nitrogen and oxygen atoms in total. The fraction of sp³-hybridized carbons (Fsp3) is 0.818. The fourth-order valence-corrected chi connectivity index (χ4v) is 3.80. The smallest absolute Gasteiger partial charge is 0.417 e. The molecule has 0 bridgehead atoms. The molecule has 0 aromatic carbocycles. The molecule has 1 aliphatic heterocycles. The van der Waals surface area contributed by atoms with Gasteiger partial charge in [0.1, 0.15) is 6.61 Å². The number of carboxylic acids is 1. The quantitative estimate of drug-likeness (QED) is 0.282. The van der Waals surface area contributed by atoms with Gasteiger partial charge in [0.05, 0.1) is 13.7 Å². The molecule has 1 saturated carbocycles. The minimum Gasteiger partial charge on any atom is -0.473 e. The van der Waals surface area contributed by atoms with E-state index in [4.69, 9.17) is 14.9 Å². The maximum absolute atomic E-state index is 11.0. The summed E-state index contributed by atoms with van der Waals surface area (Å²) in [5, 5.41) is 17.3. The fourth-order valence-electron chi connectivity index (χ4n) is 3.80. The number of aliphatic hydroxyl groups excluding tert-OH is 1. The first-order chi connectivity index (χ1) is 15.8. The summed E-state index contributed by atoms with van der Waals surface area (Å²) in [5.41, 5.74) is 0. The van der Waals surface area contributed by atoms with Crippen LogP contribution in [0.1, 0.15) is 39.0 Å². The van der Waals surface area contributed by atoms with Gasteiger partial charge in [-0.1, -0.05) is 6.92 Å². The third-order valence-electron chi connectivity index (χ3n) is 5.85. The Kier molecular flexibility index (Phi) is 14.3. The predicted molar refractivity (Wildman–Crippen MR) is 117 cm³/mol. The summed E-state index contributed by atoms with van der Waals surface area (Å²) in [7, 11) is 1.15. The molecular weight excluding hydrogens is 436 g/mol. The first kappa shape index (κ1) is 28.8. The van der Waals surface area contributed by atoms with Crippen LogP contribution < -0.4 is 0 Å². The summed E-state index contributed by atoms with van der Waals surface area (Å²) >= 11 is 0. The van der Waals surface area contributed by atoms with Gasteiger partial charge in [0, 0.05) is 39.3 Å². The van der Waals surface area contributed by atoms with Crippen LogP contribution in [0.5, 0.6) is 0 Å². The topological polar surface area (TPSA) is 143 Å². The Bertz CT molecular complexity index is 613. The van der Waals surface area contributed by atoms with E-state index >= 15 is 0 Å². The van der Waals surface area contributed by atoms with Gasteiger partial charge in [-0.25, -0.2) is 19.2 Å². The van der Waals surface area contributed by atoms with Crippen molar-refractivity contribution in [3.8, 4) is 0 Å². The molecule has 190 valence electrons. The van der Waals surface area contributed by atoms with E-state index in [-0.39, 0.29) is 19.8 Å². The molecule has 2 fully saturated rings. The highest BCUT2D eigenvalue weighted by molar-refractivity contribution is 6.29. The van der Waals surface area contributed by atoms with Crippen molar-refractivity contribution >= 4 is 23.9 Å². The van der Waals surface area contributed by atoms with E-state index in [2.05, 4.69) is 26.2 Å². The zero-order valence-electron chi connectivity index (χ0n) is 19.7. The number of piperazine rings is 1. The second-order valence-electron chi connectivity index (χ2n) is 8.28. The SMILES string of the molecule is CCCN1CCN(CCOC(=O)C(=O)O)CC1.COC(=O)C(=O)OCC1CCC(CO)CC1. The average Bonchev–Trinajstić information content (AvgIpc) is 2.83. The molecule has 1 heterocycles. The maximum Gasteiger partial charge on any atom is 0.417 e. The summed E-state index contributed by atoms with van der Waals surface area (Å²) in [4.78, 5) is 47.2. The number of aliphatic carboxylic acids is 1. The van der Waals surface area contributed by atoms with Gasteiger partial charge in [-0.15, -0.1) is 0 Å². The first-order valence-electron chi connectivity index (χ1n) is 11.5. The first-order valence-corrected chi connectivity index (χ1v) is 11.5. The lowest BCUT2D eigenvalue weighted by Crippen LogP contribution is -2.47. The summed E-state index contributed by atoms with van der Waals surface area (Å²) in [5.74, 6) is -3.90. The molecular formula is C22H38N2O9. The minimum atomic E-state index is -1.53. The van der Waals surface area contributed by atoms with Crippen LogP contribution in [0.25, 0.3) is 0 Å². The number of carboxylic acid groups (broad SMARTS) is 1. The maximum atomic E-state index is 11.0. The van der Waals surface area contributed by atoms with Crippen molar-refractivity contribution in [3.05, 3.63) is 0 Å². The Balaban J connectivity index is 0.000000331. The number of aliphatic hydroxyl groups is 1. The number of rotatable bonds is 8. The Hall–Kier alpha value is -2.24. The highest BCUT2D eigenvalue weighted by Gasteiger charge is 2.23. The Labute approximate surface area is 194 Å². The van der Waals surface area contributed by atoms with Gasteiger partial charge in [-0.3, -0.25) is 4.90 Å². The van der Waals surface area contributed by atoms with E-state index in [1.54, 1.807) is 0 Å². The van der Waals surface area contributed by atoms with Crippen molar-refractivity contribution in [1.82, 2.24) is 9.80 Å². The zero-order valence-corrected chi connectivity index (χ0v) is 19.7. The van der Waals surface area contributed by atoms with Crippen LogP contribution in [0.4, 0.5) is 0 Å². The van der Waals surface area contributed by atoms with Gasteiger partial charge in [-0.2, -0.15) is 0 Å². The molecule has 2 N–H and O–H groups in total. The predicted octanol–water partition coefficient (Wildman–Crippen LogP) is 0.143. The van der Waals surface area contributed by atoms with E-state index in [0.29, 0.717) is 18.4 Å². The van der Waals surface area contributed by atoms with Crippen LogP contribution in [0, 0.1) is 11.8 Å². The summed E-state index contributed by atoms with van der Waals surface area (Å²) in [6.45, 7) is 8.51. The number of nitrogens with zero attached hydrogens (tertiary/aromatic N) is 2. The van der Waals surface area contributed by atoms with E-state index in [9.17, 15) is 19.2 Å². The molecule has 11 heteroatoms. The van der Waals surface area contributed by atoms with Crippen molar-refractivity contribution in [2.45, 2.75) is 39.0 Å². The lowest BCUT2D eigenvalue weighted by Gasteiger charge is -2.34. The van der Waals surface area contributed by atoms with Crippen LogP contribution in [0.2, 0.25) is 0 Å². The normalized spacial score (nSPS) is 21.3. The number of carbonyl (C=O) groups is 4. The molecule has 0 unspecified atom stereocenters. The molecule has 0 spiro atoms. The average molecular weight is 475 g/mol. The van der Waals surface area contributed by atoms with Gasteiger partial charge in [0.25, 0.3) is 0 Å². The van der Waals surface area contributed by atoms with E-state index in [1.807, 2.05) is 0 Å². The third kappa shape index (κ3) is 12.0. The molecule has 0 aromatic heterocycles. The van der Waals surface area contributed by atoms with Crippen molar-refractivity contribution in [3.63, 3.8) is 0 Å². The van der Waals surface area contributed by atoms with Crippen LogP contribution in [0.3, 0.4) is 0 Å². The number of hydrogen-bond donors (Lipinski definition) is 2. The van der Waals surface area contributed by atoms with Gasteiger partial charge in [-0.05, 0) is 50.5 Å². The number of methoxy groups -OCH3 is 1. The number of esters is 3. The number of carbonyl (C=O) groups excluding carboxylic acids is 3. The number of hydrogen-bond acceptors (Lipinski definition) is 10. The van der Waals surface area contributed by atoms with E-state index < -0.39 is 23.9 Å². The molecule has 2 aliphatic rings. The third-order valence-corrected chi connectivity index (χ3v) is 5.85. The molecule has 2 rings (SSSR count). The van der Waals surface area contributed by atoms with Crippen LogP contribution in [-0.2, 0) is 33.4 Å². The Morgan fingerprint density at radius 3 is 1.85 bits per heavy atom. The molecule has 0 amide bonds. The molecule has 0 atom stereocenters. The van der Waals surface area contributed by atoms with Gasteiger partial charge >= 0.3 is 23.9 Å². The van der Waals surface area contributed by atoms with E-state index in [1.165, 1.54) is 0 Å². The molecule has 33 heavy (non-hydrogen) atoms. The van der Waals surface area contributed by atoms with Crippen molar-refractivity contribution in [2.75, 3.05) is 66.2 Å². The van der Waals surface area contributed by atoms with E-state index in [0.717, 1.165) is 71.9 Å². The highest BCUT2D eigenvalue weighted by atomic mass is 16.6. The lowest BCUT2D eigenvalue weighted by atomic mass is 9.83. The second kappa shape index (κ2) is 16.4. The molecule has 1 saturated heterocycles. The summed E-state index contributed by atoms with van der Waals surface area (Å²) in [6, 6.07) is 0. The Morgan fingerprint density at radius 2 is 1.36 bits per heavy atom. The van der Waals surface area contributed by atoms with Crippen molar-refractivity contribution < 1.29 is 43.6 Å². The van der Waals surface area contributed by atoms with Gasteiger partial charge in [0.2, 0.25) is 0 Å². The molecule has 0 aromatic rings. The van der Waals surface area contributed by atoms with Crippen molar-refractivity contribution in [2.24, 2.45) is 11.8 Å². The van der Waals surface area contributed by atoms with Crippen LogP contribution in [-0.4, -0.2) is 110 Å². The molecule has 1 aliphatic carbocycles. The number of ether oxygens (including phenoxy) is 3. The largest absolute Gasteiger partial charge is 0.473 e. The van der Waals surface area contributed by atoms with Crippen molar-refractivity contribution in [1.29, 1.82) is 0 Å². The molecule has 0 radical (unpaired) electrons.